The van der Waals surface area contributed by atoms with Crippen molar-refractivity contribution in [2.24, 2.45) is 11.3 Å². The fraction of sp³-hybridized carbons (Fsp3) is 0.632. The minimum absolute atomic E-state index is 0.00159. The van der Waals surface area contributed by atoms with E-state index in [1.807, 2.05) is 6.92 Å². The Bertz CT molecular complexity index is 708. The normalized spacial score (nSPS) is 19.2. The summed E-state index contributed by atoms with van der Waals surface area (Å²) < 4.78 is 32.6. The van der Waals surface area contributed by atoms with Gasteiger partial charge in [-0.25, -0.2) is 8.42 Å². The number of ether oxygens (including phenoxy) is 1. The molecule has 0 aromatic heterocycles. The summed E-state index contributed by atoms with van der Waals surface area (Å²) in [5.41, 5.74) is -0.00159. The molecule has 26 heavy (non-hydrogen) atoms. The maximum Gasteiger partial charge on any atom is 0.243 e. The molecule has 1 amide bonds. The largest absolute Gasteiger partial charge is 0.494 e. The highest BCUT2D eigenvalue weighted by Crippen LogP contribution is 2.25. The highest BCUT2D eigenvalue weighted by Gasteiger charge is 2.33. The Morgan fingerprint density at radius 2 is 1.92 bits per heavy atom. The molecule has 1 N–H and O–H groups in total. The van der Waals surface area contributed by atoms with E-state index in [0.29, 0.717) is 38.3 Å². The van der Waals surface area contributed by atoms with Gasteiger partial charge in [-0.2, -0.15) is 4.31 Å². The first-order valence-corrected chi connectivity index (χ1v) is 10.6. The Kier molecular flexibility index (Phi) is 6.69. The van der Waals surface area contributed by atoms with Gasteiger partial charge in [0.05, 0.1) is 17.4 Å². The SMILES string of the molecule is CCOc1ccc(S(=O)(=O)N2CCC[C@H](C(=O)NCC(C)(C)C)C2)cc1. The lowest BCUT2D eigenvalue weighted by atomic mass is 9.95. The molecule has 0 spiro atoms. The van der Waals surface area contributed by atoms with Crippen LogP contribution in [0.3, 0.4) is 0 Å². The molecule has 6 nitrogen and oxygen atoms in total. The van der Waals surface area contributed by atoms with Crippen LogP contribution in [0.5, 0.6) is 5.75 Å². The summed E-state index contributed by atoms with van der Waals surface area (Å²) in [6, 6.07) is 6.44. The first-order valence-electron chi connectivity index (χ1n) is 9.14. The van der Waals surface area contributed by atoms with Gasteiger partial charge in [0, 0.05) is 19.6 Å². The van der Waals surface area contributed by atoms with Gasteiger partial charge in [-0.05, 0) is 49.4 Å². The molecule has 0 radical (unpaired) electrons. The average Bonchev–Trinajstić information content (AvgIpc) is 2.60. The highest BCUT2D eigenvalue weighted by molar-refractivity contribution is 7.89. The van der Waals surface area contributed by atoms with Crippen LogP contribution >= 0.6 is 0 Å². The third kappa shape index (κ3) is 5.45. The molecular formula is C19H30N2O4S. The molecule has 0 aliphatic carbocycles. The number of nitrogens with one attached hydrogen (secondary N) is 1. The second-order valence-electron chi connectivity index (χ2n) is 7.89. The van der Waals surface area contributed by atoms with E-state index >= 15 is 0 Å². The molecular weight excluding hydrogens is 352 g/mol. The van der Waals surface area contributed by atoms with Crippen LogP contribution in [0.25, 0.3) is 0 Å². The standard InChI is InChI=1S/C19H30N2O4S/c1-5-25-16-8-10-17(11-9-16)26(23,24)21-12-6-7-15(13-21)18(22)20-14-19(2,3)4/h8-11,15H,5-7,12-14H2,1-4H3,(H,20,22)/t15-/m0/s1. The monoisotopic (exact) mass is 382 g/mol. The zero-order valence-electron chi connectivity index (χ0n) is 16.1. The van der Waals surface area contributed by atoms with Gasteiger partial charge in [-0.15, -0.1) is 0 Å². The van der Waals surface area contributed by atoms with Crippen molar-refractivity contribution in [3.8, 4) is 5.75 Å². The number of amides is 1. The van der Waals surface area contributed by atoms with Crippen molar-refractivity contribution in [1.82, 2.24) is 9.62 Å². The topological polar surface area (TPSA) is 75.7 Å². The lowest BCUT2D eigenvalue weighted by Crippen LogP contribution is -2.46. The molecule has 1 aliphatic rings. The van der Waals surface area contributed by atoms with E-state index in [4.69, 9.17) is 4.74 Å². The lowest BCUT2D eigenvalue weighted by molar-refractivity contribution is -0.126. The van der Waals surface area contributed by atoms with Crippen LogP contribution in [0.2, 0.25) is 0 Å². The van der Waals surface area contributed by atoms with Crippen molar-refractivity contribution in [2.75, 3.05) is 26.2 Å². The van der Waals surface area contributed by atoms with Crippen molar-refractivity contribution in [3.05, 3.63) is 24.3 Å². The second-order valence-corrected chi connectivity index (χ2v) is 9.82. The van der Waals surface area contributed by atoms with E-state index in [2.05, 4.69) is 26.1 Å². The third-order valence-electron chi connectivity index (χ3n) is 4.32. The number of hydrogen-bond acceptors (Lipinski definition) is 4. The van der Waals surface area contributed by atoms with Crippen LogP contribution in [-0.4, -0.2) is 44.9 Å². The molecule has 1 aromatic rings. The second kappa shape index (κ2) is 8.39. The van der Waals surface area contributed by atoms with Crippen LogP contribution in [-0.2, 0) is 14.8 Å². The van der Waals surface area contributed by atoms with E-state index in [0.717, 1.165) is 0 Å². The molecule has 0 unspecified atom stereocenters. The Hall–Kier alpha value is -1.60. The van der Waals surface area contributed by atoms with Gasteiger partial charge in [0.2, 0.25) is 15.9 Å². The Morgan fingerprint density at radius 3 is 2.50 bits per heavy atom. The third-order valence-corrected chi connectivity index (χ3v) is 6.20. The number of benzene rings is 1. The Balaban J connectivity index is 2.06. The number of nitrogens with zero attached hydrogens (tertiary/aromatic N) is 1. The van der Waals surface area contributed by atoms with E-state index in [1.165, 1.54) is 4.31 Å². The maximum atomic E-state index is 12.9. The average molecular weight is 383 g/mol. The lowest BCUT2D eigenvalue weighted by Gasteiger charge is -2.32. The predicted octanol–water partition coefficient (Wildman–Crippen LogP) is 2.65. The summed E-state index contributed by atoms with van der Waals surface area (Å²) in [6.07, 6.45) is 1.40. The quantitative estimate of drug-likeness (QED) is 0.821. The maximum absolute atomic E-state index is 12.9. The first-order chi connectivity index (χ1) is 12.1. The van der Waals surface area contributed by atoms with Crippen LogP contribution in [0.4, 0.5) is 0 Å². The van der Waals surface area contributed by atoms with Crippen LogP contribution < -0.4 is 10.1 Å². The molecule has 0 bridgehead atoms. The zero-order chi connectivity index (χ0) is 19.4. The van der Waals surface area contributed by atoms with Gasteiger partial charge >= 0.3 is 0 Å². The van der Waals surface area contributed by atoms with Crippen molar-refractivity contribution in [3.63, 3.8) is 0 Å². The number of carbonyl (C=O) groups excluding carboxylic acids is 1. The summed E-state index contributed by atoms with van der Waals surface area (Å²) in [6.45, 7) is 9.81. The highest BCUT2D eigenvalue weighted by atomic mass is 32.2. The van der Waals surface area contributed by atoms with Gasteiger partial charge < -0.3 is 10.1 Å². The van der Waals surface area contributed by atoms with Crippen LogP contribution in [0.15, 0.2) is 29.2 Å². The number of hydrogen-bond donors (Lipinski definition) is 1. The minimum Gasteiger partial charge on any atom is -0.494 e. The summed E-state index contributed by atoms with van der Waals surface area (Å²) in [5.74, 6) is 0.277. The molecule has 2 rings (SSSR count). The molecule has 1 saturated heterocycles. The predicted molar refractivity (Wildman–Crippen MR) is 102 cm³/mol. The summed E-state index contributed by atoms with van der Waals surface area (Å²) >= 11 is 0. The molecule has 0 saturated carbocycles. The van der Waals surface area contributed by atoms with Crippen LogP contribution in [0, 0.1) is 11.3 Å². The molecule has 1 atom stereocenters. The van der Waals surface area contributed by atoms with Crippen molar-refractivity contribution < 1.29 is 17.9 Å². The molecule has 1 fully saturated rings. The molecule has 1 aromatic carbocycles. The van der Waals surface area contributed by atoms with E-state index in [9.17, 15) is 13.2 Å². The van der Waals surface area contributed by atoms with Gasteiger partial charge in [-0.1, -0.05) is 20.8 Å². The van der Waals surface area contributed by atoms with Crippen LogP contribution in [0.1, 0.15) is 40.5 Å². The first kappa shape index (κ1) is 20.7. The smallest absolute Gasteiger partial charge is 0.243 e. The Labute approximate surface area is 157 Å². The number of rotatable bonds is 6. The van der Waals surface area contributed by atoms with E-state index in [1.54, 1.807) is 24.3 Å². The number of piperidine rings is 1. The van der Waals surface area contributed by atoms with Gasteiger partial charge in [0.25, 0.3) is 0 Å². The van der Waals surface area contributed by atoms with E-state index < -0.39 is 10.0 Å². The summed E-state index contributed by atoms with van der Waals surface area (Å²) in [4.78, 5) is 12.7. The number of carbonyl (C=O) groups is 1. The van der Waals surface area contributed by atoms with Crippen molar-refractivity contribution >= 4 is 15.9 Å². The van der Waals surface area contributed by atoms with Gasteiger partial charge in [-0.3, -0.25) is 4.79 Å². The number of sulfonamides is 1. The van der Waals surface area contributed by atoms with Gasteiger partial charge in [0.15, 0.2) is 0 Å². The summed E-state index contributed by atoms with van der Waals surface area (Å²) in [5, 5.41) is 2.95. The Morgan fingerprint density at radius 1 is 1.27 bits per heavy atom. The van der Waals surface area contributed by atoms with Gasteiger partial charge in [0.1, 0.15) is 5.75 Å². The molecule has 7 heteroatoms. The molecule has 146 valence electrons. The van der Waals surface area contributed by atoms with Crippen molar-refractivity contribution in [2.45, 2.75) is 45.4 Å². The summed E-state index contributed by atoms with van der Waals surface area (Å²) in [7, 11) is -3.61. The van der Waals surface area contributed by atoms with Crippen molar-refractivity contribution in [1.29, 1.82) is 0 Å². The zero-order valence-corrected chi connectivity index (χ0v) is 16.9. The fourth-order valence-electron chi connectivity index (χ4n) is 2.89. The minimum atomic E-state index is -3.61. The fourth-order valence-corrected chi connectivity index (χ4v) is 4.42. The molecule has 1 aliphatic heterocycles. The molecule has 1 heterocycles. The van der Waals surface area contributed by atoms with E-state index in [-0.39, 0.29) is 28.7 Å².